The molecule has 94 valence electrons. The molecule has 5 nitrogen and oxygen atoms in total. The first kappa shape index (κ1) is 13.4. The van der Waals surface area contributed by atoms with Gasteiger partial charge in [0.25, 0.3) is 5.69 Å². The first-order valence-electron chi connectivity index (χ1n) is 5.93. The molecule has 0 saturated carbocycles. The van der Waals surface area contributed by atoms with Crippen molar-refractivity contribution in [3.05, 3.63) is 27.9 Å². The number of aryl methyl sites for hydroxylation is 1. The lowest BCUT2D eigenvalue weighted by Crippen LogP contribution is -2.14. The van der Waals surface area contributed by atoms with Crippen LogP contribution in [0.2, 0.25) is 0 Å². The SMILES string of the molecule is CCC(CC)CNc1ncc([N+](=O)[O-])cc1C. The van der Waals surface area contributed by atoms with Crippen LogP contribution >= 0.6 is 0 Å². The molecule has 0 aliphatic heterocycles. The molecule has 0 fully saturated rings. The Balaban J connectivity index is 2.69. The highest BCUT2D eigenvalue weighted by molar-refractivity contribution is 5.48. The van der Waals surface area contributed by atoms with E-state index < -0.39 is 4.92 Å². The molecule has 1 aromatic rings. The van der Waals surface area contributed by atoms with Crippen LogP contribution in [0.1, 0.15) is 32.3 Å². The molecule has 0 aliphatic rings. The molecule has 0 amide bonds. The molecule has 0 atom stereocenters. The third kappa shape index (κ3) is 3.69. The number of nitrogens with one attached hydrogen (secondary N) is 1. The molecule has 0 radical (unpaired) electrons. The topological polar surface area (TPSA) is 68.1 Å². The monoisotopic (exact) mass is 237 g/mol. The Kier molecular flexibility index (Phi) is 4.87. The zero-order chi connectivity index (χ0) is 12.8. The Morgan fingerprint density at radius 2 is 2.12 bits per heavy atom. The molecule has 0 aliphatic carbocycles. The summed E-state index contributed by atoms with van der Waals surface area (Å²) in [6.07, 6.45) is 3.54. The molecule has 0 saturated heterocycles. The van der Waals surface area contributed by atoms with Crippen LogP contribution in [0.4, 0.5) is 11.5 Å². The summed E-state index contributed by atoms with van der Waals surface area (Å²) in [6.45, 7) is 7.01. The first-order chi connectivity index (χ1) is 8.08. The van der Waals surface area contributed by atoms with Crippen molar-refractivity contribution in [1.29, 1.82) is 0 Å². The second-order valence-electron chi connectivity index (χ2n) is 4.18. The molecule has 0 spiro atoms. The van der Waals surface area contributed by atoms with E-state index in [4.69, 9.17) is 0 Å². The minimum atomic E-state index is -0.426. The van der Waals surface area contributed by atoms with Gasteiger partial charge in [-0.25, -0.2) is 4.98 Å². The normalized spacial score (nSPS) is 10.6. The summed E-state index contributed by atoms with van der Waals surface area (Å²) in [7, 11) is 0. The van der Waals surface area contributed by atoms with Crippen molar-refractivity contribution >= 4 is 11.5 Å². The van der Waals surface area contributed by atoms with E-state index in [2.05, 4.69) is 24.1 Å². The van der Waals surface area contributed by atoms with Gasteiger partial charge in [-0.05, 0) is 18.4 Å². The zero-order valence-corrected chi connectivity index (χ0v) is 10.6. The van der Waals surface area contributed by atoms with Crippen LogP contribution in [0.15, 0.2) is 12.3 Å². The second kappa shape index (κ2) is 6.18. The summed E-state index contributed by atoms with van der Waals surface area (Å²) < 4.78 is 0. The number of hydrogen-bond donors (Lipinski definition) is 1. The third-order valence-electron chi connectivity index (χ3n) is 2.99. The van der Waals surface area contributed by atoms with Crippen LogP contribution in [-0.2, 0) is 0 Å². The summed E-state index contributed by atoms with van der Waals surface area (Å²) in [5, 5.41) is 13.8. The van der Waals surface area contributed by atoms with Crippen molar-refractivity contribution in [2.45, 2.75) is 33.6 Å². The standard InChI is InChI=1S/C12H19N3O2/c1-4-10(5-2)7-13-12-9(3)6-11(8-14-12)15(16)17/h6,8,10H,4-5,7H2,1-3H3,(H,13,14). The number of hydrogen-bond acceptors (Lipinski definition) is 4. The maximum atomic E-state index is 10.6. The van der Waals surface area contributed by atoms with Crippen molar-refractivity contribution in [2.24, 2.45) is 5.92 Å². The van der Waals surface area contributed by atoms with Gasteiger partial charge in [0.15, 0.2) is 0 Å². The van der Waals surface area contributed by atoms with E-state index in [-0.39, 0.29) is 5.69 Å². The molecule has 17 heavy (non-hydrogen) atoms. The lowest BCUT2D eigenvalue weighted by molar-refractivity contribution is -0.385. The lowest BCUT2D eigenvalue weighted by Gasteiger charge is -2.14. The maximum Gasteiger partial charge on any atom is 0.287 e. The van der Waals surface area contributed by atoms with Crippen LogP contribution in [0.5, 0.6) is 0 Å². The highest BCUT2D eigenvalue weighted by atomic mass is 16.6. The van der Waals surface area contributed by atoms with Gasteiger partial charge in [0.05, 0.1) is 4.92 Å². The van der Waals surface area contributed by atoms with Crippen molar-refractivity contribution in [3.8, 4) is 0 Å². The molecule has 1 aromatic heterocycles. The third-order valence-corrected chi connectivity index (χ3v) is 2.99. The van der Waals surface area contributed by atoms with Crippen molar-refractivity contribution in [2.75, 3.05) is 11.9 Å². The number of anilines is 1. The van der Waals surface area contributed by atoms with Gasteiger partial charge in [-0.1, -0.05) is 26.7 Å². The van der Waals surface area contributed by atoms with E-state index in [1.54, 1.807) is 6.07 Å². The lowest BCUT2D eigenvalue weighted by atomic mass is 10.0. The average molecular weight is 237 g/mol. The fourth-order valence-electron chi connectivity index (χ4n) is 1.66. The molecular formula is C12H19N3O2. The van der Waals surface area contributed by atoms with E-state index in [1.165, 1.54) is 6.20 Å². The highest BCUT2D eigenvalue weighted by Crippen LogP contribution is 2.18. The summed E-state index contributed by atoms with van der Waals surface area (Å²) in [5.74, 6) is 1.36. The van der Waals surface area contributed by atoms with Crippen molar-refractivity contribution in [1.82, 2.24) is 4.98 Å². The molecule has 0 unspecified atom stereocenters. The van der Waals surface area contributed by atoms with Gasteiger partial charge in [0, 0.05) is 12.6 Å². The molecule has 1 N–H and O–H groups in total. The summed E-state index contributed by atoms with van der Waals surface area (Å²) in [5.41, 5.74) is 0.848. The van der Waals surface area contributed by atoms with E-state index >= 15 is 0 Å². The number of rotatable bonds is 6. The number of nitrogens with zero attached hydrogens (tertiary/aromatic N) is 2. The minimum absolute atomic E-state index is 0.0376. The van der Waals surface area contributed by atoms with E-state index in [0.29, 0.717) is 5.92 Å². The number of pyridine rings is 1. The highest BCUT2D eigenvalue weighted by Gasteiger charge is 2.10. The molecule has 5 heteroatoms. The van der Waals surface area contributed by atoms with E-state index in [0.717, 1.165) is 30.8 Å². The smallest absolute Gasteiger partial charge is 0.287 e. The van der Waals surface area contributed by atoms with Crippen LogP contribution in [0.25, 0.3) is 0 Å². The average Bonchev–Trinajstić information content (AvgIpc) is 2.31. The predicted octanol–water partition coefficient (Wildman–Crippen LogP) is 3.15. The quantitative estimate of drug-likeness (QED) is 0.609. The summed E-state index contributed by atoms with van der Waals surface area (Å²) in [4.78, 5) is 14.2. The van der Waals surface area contributed by atoms with E-state index in [9.17, 15) is 10.1 Å². The molecular weight excluding hydrogens is 218 g/mol. The fraction of sp³-hybridized carbons (Fsp3) is 0.583. The molecule has 1 rings (SSSR count). The van der Waals surface area contributed by atoms with Gasteiger partial charge in [0.2, 0.25) is 0 Å². The Hall–Kier alpha value is -1.65. The van der Waals surface area contributed by atoms with Crippen molar-refractivity contribution < 1.29 is 4.92 Å². The van der Waals surface area contributed by atoms with Gasteiger partial charge < -0.3 is 5.32 Å². The zero-order valence-electron chi connectivity index (χ0n) is 10.6. The Morgan fingerprint density at radius 1 is 1.47 bits per heavy atom. The number of aromatic nitrogens is 1. The Morgan fingerprint density at radius 3 is 2.59 bits per heavy atom. The largest absolute Gasteiger partial charge is 0.370 e. The fourth-order valence-corrected chi connectivity index (χ4v) is 1.66. The van der Waals surface area contributed by atoms with Crippen LogP contribution in [0.3, 0.4) is 0 Å². The molecule has 1 heterocycles. The van der Waals surface area contributed by atoms with Gasteiger partial charge in [-0.15, -0.1) is 0 Å². The Labute approximate surface area is 101 Å². The van der Waals surface area contributed by atoms with Gasteiger partial charge >= 0.3 is 0 Å². The maximum absolute atomic E-state index is 10.6. The summed E-state index contributed by atoms with van der Waals surface area (Å²) in [6, 6.07) is 1.54. The minimum Gasteiger partial charge on any atom is -0.370 e. The van der Waals surface area contributed by atoms with Crippen LogP contribution in [0, 0.1) is 23.0 Å². The van der Waals surface area contributed by atoms with Gasteiger partial charge in [-0.3, -0.25) is 10.1 Å². The van der Waals surface area contributed by atoms with E-state index in [1.807, 2.05) is 6.92 Å². The predicted molar refractivity (Wildman–Crippen MR) is 68.2 cm³/mol. The first-order valence-corrected chi connectivity index (χ1v) is 5.93. The van der Waals surface area contributed by atoms with Gasteiger partial charge in [-0.2, -0.15) is 0 Å². The van der Waals surface area contributed by atoms with Gasteiger partial charge in [0.1, 0.15) is 12.0 Å². The van der Waals surface area contributed by atoms with Crippen LogP contribution < -0.4 is 5.32 Å². The Bertz CT molecular complexity index is 389. The molecule has 0 aromatic carbocycles. The number of nitro groups is 1. The summed E-state index contributed by atoms with van der Waals surface area (Å²) >= 11 is 0. The second-order valence-corrected chi connectivity index (χ2v) is 4.18. The molecule has 0 bridgehead atoms. The van der Waals surface area contributed by atoms with Crippen LogP contribution in [-0.4, -0.2) is 16.5 Å². The van der Waals surface area contributed by atoms with Crippen molar-refractivity contribution in [3.63, 3.8) is 0 Å².